The summed E-state index contributed by atoms with van der Waals surface area (Å²) >= 11 is 0. The summed E-state index contributed by atoms with van der Waals surface area (Å²) in [7, 11) is 0. The molecule has 0 radical (unpaired) electrons. The SMILES string of the molecule is CCc1ccc(C2CC(c3cccnc3)NN2)cc1. The van der Waals surface area contributed by atoms with Crippen LogP contribution >= 0.6 is 0 Å². The highest BCUT2D eigenvalue weighted by Gasteiger charge is 2.25. The van der Waals surface area contributed by atoms with E-state index in [-0.39, 0.29) is 0 Å². The van der Waals surface area contributed by atoms with Crippen LogP contribution in [0.25, 0.3) is 0 Å². The van der Waals surface area contributed by atoms with Crippen molar-refractivity contribution in [2.45, 2.75) is 31.8 Å². The maximum atomic E-state index is 4.18. The summed E-state index contributed by atoms with van der Waals surface area (Å²) in [6.07, 6.45) is 5.89. The number of hydrogen-bond donors (Lipinski definition) is 2. The van der Waals surface area contributed by atoms with Gasteiger partial charge < -0.3 is 0 Å². The van der Waals surface area contributed by atoms with E-state index in [2.05, 4.69) is 53.1 Å². The minimum atomic E-state index is 0.338. The fourth-order valence-electron chi connectivity index (χ4n) is 2.56. The Morgan fingerprint density at radius 1 is 1.05 bits per heavy atom. The summed E-state index contributed by atoms with van der Waals surface area (Å²) in [5.41, 5.74) is 10.7. The van der Waals surface area contributed by atoms with E-state index >= 15 is 0 Å². The van der Waals surface area contributed by atoms with Crippen LogP contribution in [0.5, 0.6) is 0 Å². The normalized spacial score (nSPS) is 22.6. The molecule has 98 valence electrons. The molecule has 1 aliphatic rings. The Bertz CT molecular complexity index is 521. The van der Waals surface area contributed by atoms with Crippen molar-refractivity contribution in [1.29, 1.82) is 0 Å². The lowest BCUT2D eigenvalue weighted by Crippen LogP contribution is -2.26. The highest BCUT2D eigenvalue weighted by Crippen LogP contribution is 2.30. The molecule has 0 amide bonds. The van der Waals surface area contributed by atoms with Crippen LogP contribution in [-0.4, -0.2) is 4.98 Å². The smallest absolute Gasteiger partial charge is 0.0496 e. The molecule has 2 aromatic rings. The van der Waals surface area contributed by atoms with Gasteiger partial charge >= 0.3 is 0 Å². The molecule has 1 aromatic heterocycles. The number of aromatic nitrogens is 1. The Balaban J connectivity index is 1.71. The van der Waals surface area contributed by atoms with Crippen molar-refractivity contribution in [2.24, 2.45) is 0 Å². The van der Waals surface area contributed by atoms with Crippen molar-refractivity contribution in [3.63, 3.8) is 0 Å². The molecule has 3 nitrogen and oxygen atoms in total. The summed E-state index contributed by atoms with van der Waals surface area (Å²) in [6, 6.07) is 13.7. The molecule has 1 saturated heterocycles. The van der Waals surface area contributed by atoms with Gasteiger partial charge in [-0.05, 0) is 35.6 Å². The van der Waals surface area contributed by atoms with Crippen LogP contribution in [0.4, 0.5) is 0 Å². The van der Waals surface area contributed by atoms with E-state index in [1.165, 1.54) is 16.7 Å². The quantitative estimate of drug-likeness (QED) is 0.883. The second kappa shape index (κ2) is 5.51. The molecule has 1 fully saturated rings. The molecule has 3 rings (SSSR count). The molecule has 2 N–H and O–H groups in total. The molecule has 1 aliphatic heterocycles. The maximum Gasteiger partial charge on any atom is 0.0496 e. The number of rotatable bonds is 3. The van der Waals surface area contributed by atoms with E-state index in [9.17, 15) is 0 Å². The molecule has 2 unspecified atom stereocenters. The van der Waals surface area contributed by atoms with E-state index in [1.54, 1.807) is 0 Å². The van der Waals surface area contributed by atoms with Crippen LogP contribution in [0, 0.1) is 0 Å². The van der Waals surface area contributed by atoms with Gasteiger partial charge in [-0.3, -0.25) is 4.98 Å². The van der Waals surface area contributed by atoms with E-state index in [4.69, 9.17) is 0 Å². The molecule has 2 atom stereocenters. The number of benzene rings is 1. The zero-order valence-corrected chi connectivity index (χ0v) is 11.1. The number of hydrazine groups is 1. The molecule has 0 aliphatic carbocycles. The third kappa shape index (κ3) is 2.67. The number of hydrogen-bond acceptors (Lipinski definition) is 3. The highest BCUT2D eigenvalue weighted by atomic mass is 15.4. The number of nitrogens with one attached hydrogen (secondary N) is 2. The monoisotopic (exact) mass is 253 g/mol. The van der Waals surface area contributed by atoms with Crippen molar-refractivity contribution < 1.29 is 0 Å². The van der Waals surface area contributed by atoms with Gasteiger partial charge in [0.05, 0.1) is 0 Å². The van der Waals surface area contributed by atoms with Crippen molar-refractivity contribution in [1.82, 2.24) is 15.8 Å². The summed E-state index contributed by atoms with van der Waals surface area (Å²) in [6.45, 7) is 2.18. The number of pyridine rings is 1. The lowest BCUT2D eigenvalue weighted by Gasteiger charge is -2.10. The van der Waals surface area contributed by atoms with Crippen LogP contribution in [0.1, 0.15) is 42.1 Å². The Labute approximate surface area is 114 Å². The van der Waals surface area contributed by atoms with Gasteiger partial charge in [-0.1, -0.05) is 37.3 Å². The Morgan fingerprint density at radius 2 is 1.79 bits per heavy atom. The van der Waals surface area contributed by atoms with Crippen LogP contribution in [0.15, 0.2) is 48.8 Å². The number of nitrogens with zero attached hydrogens (tertiary/aromatic N) is 1. The van der Waals surface area contributed by atoms with E-state index < -0.39 is 0 Å². The molecule has 2 heterocycles. The third-order valence-electron chi connectivity index (χ3n) is 3.78. The first kappa shape index (κ1) is 12.3. The molecule has 19 heavy (non-hydrogen) atoms. The van der Waals surface area contributed by atoms with Gasteiger partial charge in [0.1, 0.15) is 0 Å². The fraction of sp³-hybridized carbons (Fsp3) is 0.312. The molecule has 0 bridgehead atoms. The number of aryl methyl sites for hydroxylation is 1. The maximum absolute atomic E-state index is 4.18. The first-order valence-electron chi connectivity index (χ1n) is 6.86. The minimum Gasteiger partial charge on any atom is -0.264 e. The highest BCUT2D eigenvalue weighted by molar-refractivity contribution is 5.27. The van der Waals surface area contributed by atoms with E-state index in [0.29, 0.717) is 12.1 Å². The first-order valence-corrected chi connectivity index (χ1v) is 6.86. The average Bonchev–Trinajstić information content (AvgIpc) is 2.98. The van der Waals surface area contributed by atoms with Crippen LogP contribution in [0.3, 0.4) is 0 Å². The molecule has 1 aromatic carbocycles. The standard InChI is InChI=1S/C16H19N3/c1-2-12-5-7-13(8-6-12)15-10-16(19-18-15)14-4-3-9-17-11-14/h3-9,11,15-16,18-19H,2,10H2,1H3. The van der Waals surface area contributed by atoms with Gasteiger partial charge in [0, 0.05) is 24.5 Å². The Hall–Kier alpha value is -1.71. The van der Waals surface area contributed by atoms with E-state index in [0.717, 1.165) is 12.8 Å². The summed E-state index contributed by atoms with van der Waals surface area (Å²) in [5.74, 6) is 0. The van der Waals surface area contributed by atoms with Crippen molar-refractivity contribution in [3.05, 3.63) is 65.5 Å². The Morgan fingerprint density at radius 3 is 2.42 bits per heavy atom. The largest absolute Gasteiger partial charge is 0.264 e. The minimum absolute atomic E-state index is 0.338. The second-order valence-electron chi connectivity index (χ2n) is 5.01. The van der Waals surface area contributed by atoms with Crippen LogP contribution in [-0.2, 0) is 6.42 Å². The van der Waals surface area contributed by atoms with Crippen molar-refractivity contribution >= 4 is 0 Å². The Kier molecular flexibility index (Phi) is 3.58. The van der Waals surface area contributed by atoms with Gasteiger partial charge in [0.25, 0.3) is 0 Å². The summed E-state index contributed by atoms with van der Waals surface area (Å²) in [4.78, 5) is 4.18. The van der Waals surface area contributed by atoms with Crippen LogP contribution < -0.4 is 10.9 Å². The lowest BCUT2D eigenvalue weighted by atomic mass is 9.97. The van der Waals surface area contributed by atoms with Gasteiger partial charge in [0.15, 0.2) is 0 Å². The second-order valence-corrected chi connectivity index (χ2v) is 5.01. The van der Waals surface area contributed by atoms with Gasteiger partial charge in [-0.2, -0.15) is 0 Å². The van der Waals surface area contributed by atoms with E-state index in [1.807, 2.05) is 18.5 Å². The van der Waals surface area contributed by atoms with Gasteiger partial charge in [-0.15, -0.1) is 0 Å². The molecule has 3 heteroatoms. The fourth-order valence-corrected chi connectivity index (χ4v) is 2.56. The third-order valence-corrected chi connectivity index (χ3v) is 3.78. The topological polar surface area (TPSA) is 37.0 Å². The van der Waals surface area contributed by atoms with Crippen molar-refractivity contribution in [3.8, 4) is 0 Å². The van der Waals surface area contributed by atoms with Gasteiger partial charge in [0.2, 0.25) is 0 Å². The van der Waals surface area contributed by atoms with Crippen LogP contribution in [0.2, 0.25) is 0 Å². The average molecular weight is 253 g/mol. The summed E-state index contributed by atoms with van der Waals surface area (Å²) < 4.78 is 0. The predicted octanol–water partition coefficient (Wildman–Crippen LogP) is 2.92. The molecular weight excluding hydrogens is 234 g/mol. The molecule has 0 saturated carbocycles. The predicted molar refractivity (Wildman–Crippen MR) is 76.4 cm³/mol. The summed E-state index contributed by atoms with van der Waals surface area (Å²) in [5, 5.41) is 0. The van der Waals surface area contributed by atoms with Crippen molar-refractivity contribution in [2.75, 3.05) is 0 Å². The first-order chi connectivity index (χ1) is 9.36. The zero-order chi connectivity index (χ0) is 13.1. The molecular formula is C16H19N3. The van der Waals surface area contributed by atoms with Gasteiger partial charge in [-0.25, -0.2) is 10.9 Å². The lowest BCUT2D eigenvalue weighted by molar-refractivity contribution is 0.554. The molecule has 0 spiro atoms. The zero-order valence-electron chi connectivity index (χ0n) is 11.1.